The zero-order valence-corrected chi connectivity index (χ0v) is 17.8. The van der Waals surface area contributed by atoms with Crippen molar-refractivity contribution in [2.45, 2.75) is 90.5 Å². The van der Waals surface area contributed by atoms with Crippen LogP contribution in [0.1, 0.15) is 83.2 Å². The Labute approximate surface area is 169 Å². The molecule has 0 saturated heterocycles. The van der Waals surface area contributed by atoms with E-state index in [1.807, 2.05) is 4.68 Å². The molecule has 5 nitrogen and oxygen atoms in total. The average Bonchev–Trinajstić information content (AvgIpc) is 3.09. The minimum atomic E-state index is -0.693. The largest absolute Gasteiger partial charge is 0.481 e. The molecule has 27 heavy (non-hydrogen) atoms. The second-order valence-corrected chi connectivity index (χ2v) is 8.23. The predicted octanol–water partition coefficient (Wildman–Crippen LogP) is 5.51. The highest BCUT2D eigenvalue weighted by Gasteiger charge is 2.00. The van der Waals surface area contributed by atoms with Gasteiger partial charge in [0, 0.05) is 18.5 Å². The number of thioether (sulfide) groups is 1. The molecule has 1 aromatic rings. The molecule has 0 atom stereocenters. The number of aromatic nitrogens is 3. The van der Waals surface area contributed by atoms with Crippen LogP contribution in [0.4, 0.5) is 0 Å². The molecule has 0 bridgehead atoms. The number of hydrogen-bond donors (Lipinski definition) is 1. The van der Waals surface area contributed by atoms with E-state index in [0.29, 0.717) is 0 Å². The van der Waals surface area contributed by atoms with Crippen molar-refractivity contribution < 1.29 is 9.90 Å². The van der Waals surface area contributed by atoms with Crippen molar-refractivity contribution in [3.63, 3.8) is 0 Å². The molecular weight excluding hydrogens is 358 g/mol. The monoisotopic (exact) mass is 395 g/mol. The summed E-state index contributed by atoms with van der Waals surface area (Å²) in [6.45, 7) is 3.12. The summed E-state index contributed by atoms with van der Waals surface area (Å²) in [5.74, 6) is 1.13. The van der Waals surface area contributed by atoms with Gasteiger partial charge in [-0.05, 0) is 57.1 Å². The first kappa shape index (κ1) is 23.7. The molecule has 0 fully saturated rings. The van der Waals surface area contributed by atoms with Gasteiger partial charge in [0.1, 0.15) is 0 Å². The molecule has 0 amide bonds. The van der Waals surface area contributed by atoms with Crippen molar-refractivity contribution >= 4 is 17.7 Å². The van der Waals surface area contributed by atoms with E-state index >= 15 is 0 Å². The van der Waals surface area contributed by atoms with Crippen LogP contribution < -0.4 is 0 Å². The lowest BCUT2D eigenvalue weighted by Gasteiger charge is -2.00. The van der Waals surface area contributed by atoms with Crippen LogP contribution in [0.5, 0.6) is 0 Å². The highest BCUT2D eigenvalue weighted by atomic mass is 32.2. The van der Waals surface area contributed by atoms with Crippen molar-refractivity contribution in [1.29, 1.82) is 0 Å². The maximum absolute atomic E-state index is 10.4. The number of carboxylic acid groups (broad SMARTS) is 1. The van der Waals surface area contributed by atoms with E-state index in [2.05, 4.69) is 35.6 Å². The molecule has 6 heteroatoms. The third-order valence-corrected chi connectivity index (χ3v) is 5.45. The summed E-state index contributed by atoms with van der Waals surface area (Å²) in [5.41, 5.74) is 1.13. The minimum absolute atomic E-state index is 0.283. The number of carbonyl (C=O) groups is 1. The fourth-order valence-electron chi connectivity index (χ4n) is 2.85. The van der Waals surface area contributed by atoms with Gasteiger partial charge in [-0.15, -0.1) is 5.10 Å². The lowest BCUT2D eigenvalue weighted by molar-refractivity contribution is -0.136. The number of aryl methyl sites for hydroxylation is 2. The van der Waals surface area contributed by atoms with Gasteiger partial charge in [0.2, 0.25) is 0 Å². The molecule has 0 unspecified atom stereocenters. The van der Waals surface area contributed by atoms with E-state index in [4.69, 9.17) is 5.11 Å². The Morgan fingerprint density at radius 1 is 1.07 bits per heavy atom. The molecule has 154 valence electrons. The minimum Gasteiger partial charge on any atom is -0.481 e. The molecule has 0 aliphatic rings. The van der Waals surface area contributed by atoms with Crippen LogP contribution in [0.15, 0.2) is 18.3 Å². The van der Waals surface area contributed by atoms with Gasteiger partial charge < -0.3 is 5.11 Å². The van der Waals surface area contributed by atoms with E-state index in [9.17, 15) is 4.79 Å². The first-order valence-electron chi connectivity index (χ1n) is 10.6. The summed E-state index contributed by atoms with van der Waals surface area (Å²) in [6, 6.07) is 0. The molecule has 0 spiro atoms. The second-order valence-electron chi connectivity index (χ2n) is 7.00. The Morgan fingerprint density at radius 3 is 2.52 bits per heavy atom. The lowest BCUT2D eigenvalue weighted by atomic mass is 10.1. The first-order valence-corrected chi connectivity index (χ1v) is 11.7. The molecule has 1 N–H and O–H groups in total. The maximum atomic E-state index is 10.4. The summed E-state index contributed by atoms with van der Waals surface area (Å²) in [7, 11) is 0. The summed E-state index contributed by atoms with van der Waals surface area (Å²) in [6.07, 6.45) is 20.3. The molecule has 0 aromatic carbocycles. The zero-order chi connectivity index (χ0) is 19.6. The van der Waals surface area contributed by atoms with Crippen LogP contribution in [0.2, 0.25) is 0 Å². The van der Waals surface area contributed by atoms with Gasteiger partial charge in [0.15, 0.2) is 0 Å². The number of carboxylic acids is 1. The number of aliphatic carboxylic acids is 1. The van der Waals surface area contributed by atoms with E-state index in [1.165, 1.54) is 51.4 Å². The summed E-state index contributed by atoms with van der Waals surface area (Å²) < 4.78 is 1.94. The number of nitrogens with zero attached hydrogens (tertiary/aromatic N) is 3. The van der Waals surface area contributed by atoms with Gasteiger partial charge in [-0.25, -0.2) is 0 Å². The van der Waals surface area contributed by atoms with Crippen LogP contribution in [-0.2, 0) is 17.8 Å². The lowest BCUT2D eigenvalue weighted by Crippen LogP contribution is -1.96. The van der Waals surface area contributed by atoms with Gasteiger partial charge in [-0.2, -0.15) is 11.8 Å². The zero-order valence-electron chi connectivity index (χ0n) is 16.9. The quantitative estimate of drug-likeness (QED) is 0.262. The molecule has 1 rings (SSSR count). The van der Waals surface area contributed by atoms with Crippen LogP contribution in [0.3, 0.4) is 0 Å². The van der Waals surface area contributed by atoms with E-state index in [1.54, 1.807) is 11.8 Å². The standard InChI is InChI=1S/C21H37N3O2S/c1-2-16-24-19-20(22-23-24)14-12-10-8-6-4-3-5-7-9-11-13-17-27-18-15-21(25)26/h5,7,19H,2-4,6,8-18H2,1H3,(H,25,26)/b7-5-. The molecule has 0 aliphatic carbocycles. The average molecular weight is 396 g/mol. The van der Waals surface area contributed by atoms with Crippen LogP contribution in [0, 0.1) is 0 Å². The third-order valence-electron chi connectivity index (χ3n) is 4.38. The van der Waals surface area contributed by atoms with Gasteiger partial charge in [0.05, 0.1) is 12.1 Å². The fourth-order valence-corrected chi connectivity index (χ4v) is 3.78. The van der Waals surface area contributed by atoms with Crippen molar-refractivity contribution in [3.05, 3.63) is 24.0 Å². The molecule has 1 aromatic heterocycles. The highest BCUT2D eigenvalue weighted by molar-refractivity contribution is 7.99. The Bertz CT molecular complexity index is 517. The predicted molar refractivity (Wildman–Crippen MR) is 114 cm³/mol. The molecule has 0 saturated carbocycles. The first-order chi connectivity index (χ1) is 13.2. The van der Waals surface area contributed by atoms with Gasteiger partial charge in [0.25, 0.3) is 0 Å². The number of allylic oxidation sites excluding steroid dienone is 2. The van der Waals surface area contributed by atoms with Gasteiger partial charge >= 0.3 is 5.97 Å². The fraction of sp³-hybridized carbons (Fsp3) is 0.762. The molecule has 0 aliphatic heterocycles. The van der Waals surface area contributed by atoms with Crippen molar-refractivity contribution in [1.82, 2.24) is 15.0 Å². The van der Waals surface area contributed by atoms with Crippen LogP contribution >= 0.6 is 11.8 Å². The van der Waals surface area contributed by atoms with Crippen LogP contribution in [0.25, 0.3) is 0 Å². The molecule has 1 heterocycles. The van der Waals surface area contributed by atoms with Gasteiger partial charge in [-0.1, -0.05) is 43.6 Å². The topological polar surface area (TPSA) is 68.0 Å². The number of rotatable bonds is 18. The summed E-state index contributed by atoms with van der Waals surface area (Å²) in [5, 5.41) is 16.9. The number of unbranched alkanes of at least 4 members (excludes halogenated alkanes) is 7. The Kier molecular flexibility index (Phi) is 14.8. The smallest absolute Gasteiger partial charge is 0.304 e. The van der Waals surface area contributed by atoms with E-state index in [0.717, 1.165) is 43.0 Å². The van der Waals surface area contributed by atoms with Crippen molar-refractivity contribution in [2.24, 2.45) is 0 Å². The number of hydrogen-bond acceptors (Lipinski definition) is 4. The maximum Gasteiger partial charge on any atom is 0.304 e. The van der Waals surface area contributed by atoms with Crippen LogP contribution in [-0.4, -0.2) is 37.6 Å². The normalized spacial score (nSPS) is 11.4. The van der Waals surface area contributed by atoms with Crippen molar-refractivity contribution in [2.75, 3.05) is 11.5 Å². The van der Waals surface area contributed by atoms with Gasteiger partial charge in [-0.3, -0.25) is 9.48 Å². The SMILES string of the molecule is CCCn1cc(CCCCCCC/C=C\CCCCSCCC(=O)O)nn1. The molecule has 0 radical (unpaired) electrons. The van der Waals surface area contributed by atoms with E-state index < -0.39 is 5.97 Å². The highest BCUT2D eigenvalue weighted by Crippen LogP contribution is 2.10. The summed E-state index contributed by atoms with van der Waals surface area (Å²) in [4.78, 5) is 10.4. The van der Waals surface area contributed by atoms with E-state index in [-0.39, 0.29) is 6.42 Å². The third kappa shape index (κ3) is 14.4. The Morgan fingerprint density at radius 2 is 1.78 bits per heavy atom. The summed E-state index contributed by atoms with van der Waals surface area (Å²) >= 11 is 1.75. The van der Waals surface area contributed by atoms with Crippen molar-refractivity contribution in [3.8, 4) is 0 Å². The second kappa shape index (κ2) is 16.8. The Hall–Kier alpha value is -1.30. The molecular formula is C21H37N3O2S. The Balaban J connectivity index is 1.81.